The second-order valence-electron chi connectivity index (χ2n) is 4.12. The molecule has 2 atom stereocenters. The fourth-order valence-electron chi connectivity index (χ4n) is 2.09. The molecule has 0 heterocycles. The van der Waals surface area contributed by atoms with Crippen molar-refractivity contribution in [3.63, 3.8) is 0 Å². The minimum Gasteiger partial charge on any atom is -0.328 e. The van der Waals surface area contributed by atoms with Crippen molar-refractivity contribution in [1.82, 2.24) is 0 Å². The first-order valence-electron chi connectivity index (χ1n) is 4.97. The van der Waals surface area contributed by atoms with Crippen LogP contribution >= 0.6 is 0 Å². The molecule has 1 unspecified atom stereocenters. The van der Waals surface area contributed by atoms with Gasteiger partial charge in [0.2, 0.25) is 0 Å². The molecule has 1 fully saturated rings. The normalized spacial score (nSPS) is 26.5. The summed E-state index contributed by atoms with van der Waals surface area (Å²) in [5, 5.41) is 0. The van der Waals surface area contributed by atoms with E-state index in [0.717, 1.165) is 11.8 Å². The van der Waals surface area contributed by atoms with Crippen molar-refractivity contribution in [2.75, 3.05) is 0 Å². The summed E-state index contributed by atoms with van der Waals surface area (Å²) >= 11 is 0. The molecule has 1 rings (SSSR count). The van der Waals surface area contributed by atoms with Crippen molar-refractivity contribution in [2.45, 2.75) is 52.0 Å². The van der Waals surface area contributed by atoms with E-state index >= 15 is 0 Å². The molecule has 0 spiro atoms. The summed E-state index contributed by atoms with van der Waals surface area (Å²) in [6.07, 6.45) is 7.15. The Morgan fingerprint density at radius 2 is 1.64 bits per heavy atom. The summed E-state index contributed by atoms with van der Waals surface area (Å²) < 4.78 is 0. The van der Waals surface area contributed by atoms with E-state index in [1.165, 1.54) is 32.1 Å². The maximum atomic E-state index is 5.87. The Kier molecular flexibility index (Phi) is 3.38. The van der Waals surface area contributed by atoms with Crippen molar-refractivity contribution in [2.24, 2.45) is 17.6 Å². The zero-order chi connectivity index (χ0) is 8.27. The zero-order valence-electron chi connectivity index (χ0n) is 7.84. The highest BCUT2D eigenvalue weighted by atomic mass is 14.6. The van der Waals surface area contributed by atoms with Crippen LogP contribution in [0, 0.1) is 11.8 Å². The molecule has 1 aliphatic carbocycles. The molecule has 0 aromatic carbocycles. The van der Waals surface area contributed by atoms with E-state index < -0.39 is 0 Å². The molecule has 1 nitrogen and oxygen atoms in total. The SMILES string of the molecule is CC(N)[C@H](C)C1CCCCC1. The van der Waals surface area contributed by atoms with Gasteiger partial charge in [0.25, 0.3) is 0 Å². The lowest BCUT2D eigenvalue weighted by Crippen LogP contribution is -2.31. The summed E-state index contributed by atoms with van der Waals surface area (Å²) in [6, 6.07) is 0.387. The minimum atomic E-state index is 0.387. The lowest BCUT2D eigenvalue weighted by atomic mass is 9.78. The number of hydrogen-bond donors (Lipinski definition) is 1. The molecule has 0 aliphatic heterocycles. The molecule has 2 N–H and O–H groups in total. The maximum Gasteiger partial charge on any atom is 0.00387 e. The lowest BCUT2D eigenvalue weighted by Gasteiger charge is -2.29. The Hall–Kier alpha value is -0.0400. The van der Waals surface area contributed by atoms with E-state index in [4.69, 9.17) is 5.73 Å². The van der Waals surface area contributed by atoms with Gasteiger partial charge in [-0.3, -0.25) is 0 Å². The van der Waals surface area contributed by atoms with Crippen LogP contribution in [0.15, 0.2) is 0 Å². The molecule has 1 heteroatoms. The molecule has 0 amide bonds. The van der Waals surface area contributed by atoms with Crippen molar-refractivity contribution in [1.29, 1.82) is 0 Å². The van der Waals surface area contributed by atoms with E-state index in [1.54, 1.807) is 0 Å². The Balaban J connectivity index is 2.32. The summed E-state index contributed by atoms with van der Waals surface area (Å²) in [6.45, 7) is 4.44. The van der Waals surface area contributed by atoms with Gasteiger partial charge in [-0.2, -0.15) is 0 Å². The minimum absolute atomic E-state index is 0.387. The highest BCUT2D eigenvalue weighted by molar-refractivity contribution is 4.75. The molecule has 0 saturated heterocycles. The van der Waals surface area contributed by atoms with Gasteiger partial charge in [-0.05, 0) is 18.8 Å². The fourth-order valence-corrected chi connectivity index (χ4v) is 2.09. The van der Waals surface area contributed by atoms with Gasteiger partial charge in [0.05, 0.1) is 0 Å². The van der Waals surface area contributed by atoms with Gasteiger partial charge in [-0.25, -0.2) is 0 Å². The number of rotatable bonds is 2. The van der Waals surface area contributed by atoms with Crippen molar-refractivity contribution in [3.05, 3.63) is 0 Å². The first-order chi connectivity index (χ1) is 5.22. The Morgan fingerprint density at radius 1 is 1.09 bits per heavy atom. The van der Waals surface area contributed by atoms with Crippen LogP contribution in [0.4, 0.5) is 0 Å². The van der Waals surface area contributed by atoms with Gasteiger partial charge in [-0.15, -0.1) is 0 Å². The average molecular weight is 155 g/mol. The molecule has 0 aromatic heterocycles. The van der Waals surface area contributed by atoms with Crippen LogP contribution in [0.25, 0.3) is 0 Å². The predicted molar refractivity (Wildman–Crippen MR) is 49.4 cm³/mol. The summed E-state index contributed by atoms with van der Waals surface area (Å²) in [7, 11) is 0. The van der Waals surface area contributed by atoms with Crippen LogP contribution in [0.5, 0.6) is 0 Å². The number of nitrogens with two attached hydrogens (primary N) is 1. The zero-order valence-corrected chi connectivity index (χ0v) is 7.84. The van der Waals surface area contributed by atoms with Gasteiger partial charge in [0.15, 0.2) is 0 Å². The van der Waals surface area contributed by atoms with Gasteiger partial charge in [0, 0.05) is 6.04 Å². The molecule has 1 saturated carbocycles. The molecule has 11 heavy (non-hydrogen) atoms. The summed E-state index contributed by atoms with van der Waals surface area (Å²) in [5.74, 6) is 1.65. The van der Waals surface area contributed by atoms with E-state index in [0.29, 0.717) is 6.04 Å². The van der Waals surface area contributed by atoms with E-state index in [-0.39, 0.29) is 0 Å². The highest BCUT2D eigenvalue weighted by Crippen LogP contribution is 2.30. The molecular weight excluding hydrogens is 134 g/mol. The third kappa shape index (κ3) is 2.48. The summed E-state index contributed by atoms with van der Waals surface area (Å²) in [5.41, 5.74) is 5.87. The largest absolute Gasteiger partial charge is 0.328 e. The van der Waals surface area contributed by atoms with Crippen molar-refractivity contribution < 1.29 is 0 Å². The highest BCUT2D eigenvalue weighted by Gasteiger charge is 2.21. The molecule has 1 aliphatic rings. The first kappa shape index (κ1) is 9.05. The van der Waals surface area contributed by atoms with Crippen LogP contribution in [0.3, 0.4) is 0 Å². The Morgan fingerprint density at radius 3 is 2.09 bits per heavy atom. The van der Waals surface area contributed by atoms with Crippen LogP contribution in [0.2, 0.25) is 0 Å². The van der Waals surface area contributed by atoms with E-state index in [1.807, 2.05) is 0 Å². The second kappa shape index (κ2) is 4.10. The van der Waals surface area contributed by atoms with Gasteiger partial charge < -0.3 is 5.73 Å². The topological polar surface area (TPSA) is 26.0 Å². The maximum absolute atomic E-state index is 5.87. The second-order valence-corrected chi connectivity index (χ2v) is 4.12. The van der Waals surface area contributed by atoms with Crippen LogP contribution < -0.4 is 5.73 Å². The van der Waals surface area contributed by atoms with Crippen LogP contribution in [-0.2, 0) is 0 Å². The van der Waals surface area contributed by atoms with Gasteiger partial charge in [0.1, 0.15) is 0 Å². The summed E-state index contributed by atoms with van der Waals surface area (Å²) in [4.78, 5) is 0. The third-order valence-corrected chi connectivity index (χ3v) is 3.22. The van der Waals surface area contributed by atoms with Gasteiger partial charge in [-0.1, -0.05) is 39.0 Å². The molecular formula is C10H21N. The molecule has 0 aromatic rings. The van der Waals surface area contributed by atoms with Crippen molar-refractivity contribution >= 4 is 0 Å². The third-order valence-electron chi connectivity index (χ3n) is 3.22. The smallest absolute Gasteiger partial charge is 0.00387 e. The van der Waals surface area contributed by atoms with E-state index in [2.05, 4.69) is 13.8 Å². The van der Waals surface area contributed by atoms with Gasteiger partial charge >= 0.3 is 0 Å². The van der Waals surface area contributed by atoms with Crippen LogP contribution in [-0.4, -0.2) is 6.04 Å². The molecule has 0 radical (unpaired) electrons. The molecule has 66 valence electrons. The fraction of sp³-hybridized carbons (Fsp3) is 1.00. The van der Waals surface area contributed by atoms with Crippen molar-refractivity contribution in [3.8, 4) is 0 Å². The van der Waals surface area contributed by atoms with Crippen LogP contribution in [0.1, 0.15) is 46.0 Å². The monoisotopic (exact) mass is 155 g/mol. The predicted octanol–water partition coefficient (Wildman–Crippen LogP) is 2.55. The standard InChI is InChI=1S/C10H21N/c1-8(9(2)11)10-6-4-3-5-7-10/h8-10H,3-7,11H2,1-2H3/t8-,9?/m0/s1. The number of hydrogen-bond acceptors (Lipinski definition) is 1. The average Bonchev–Trinajstić information content (AvgIpc) is 2.05. The Bertz CT molecular complexity index is 103. The first-order valence-corrected chi connectivity index (χ1v) is 4.97. The molecule has 0 bridgehead atoms. The lowest BCUT2D eigenvalue weighted by molar-refractivity contribution is 0.239. The van der Waals surface area contributed by atoms with E-state index in [9.17, 15) is 0 Å². The quantitative estimate of drug-likeness (QED) is 0.651. The Labute approximate surface area is 70.4 Å².